The first kappa shape index (κ1) is 22.9. The van der Waals surface area contributed by atoms with E-state index < -0.39 is 9.84 Å². The van der Waals surface area contributed by atoms with Gasteiger partial charge in [-0.25, -0.2) is 13.1 Å². The molecule has 1 saturated heterocycles. The first-order chi connectivity index (χ1) is 16.4. The minimum atomic E-state index is -3.14. The Hall–Kier alpha value is -2.88. The van der Waals surface area contributed by atoms with Crippen LogP contribution in [-0.2, 0) is 21.2 Å². The molecular formula is C24H29N3O6S. The van der Waals surface area contributed by atoms with Gasteiger partial charge in [0.1, 0.15) is 6.54 Å². The predicted octanol–water partition coefficient (Wildman–Crippen LogP) is 2.03. The maximum atomic E-state index is 13.4. The predicted molar refractivity (Wildman–Crippen MR) is 126 cm³/mol. The van der Waals surface area contributed by atoms with Crippen LogP contribution in [0.2, 0.25) is 0 Å². The highest BCUT2D eigenvalue weighted by molar-refractivity contribution is 7.91. The van der Waals surface area contributed by atoms with E-state index in [0.29, 0.717) is 36.8 Å². The summed E-state index contributed by atoms with van der Waals surface area (Å²) in [4.78, 5) is 27.7. The summed E-state index contributed by atoms with van der Waals surface area (Å²) in [6, 6.07) is 8.21. The number of benzene rings is 1. The van der Waals surface area contributed by atoms with Crippen molar-refractivity contribution in [3.8, 4) is 22.8 Å². The fraction of sp³-hybridized carbons (Fsp3) is 0.542. The van der Waals surface area contributed by atoms with Gasteiger partial charge in [-0.3, -0.25) is 9.59 Å². The van der Waals surface area contributed by atoms with Crippen molar-refractivity contribution < 1.29 is 22.7 Å². The van der Waals surface area contributed by atoms with Crippen molar-refractivity contribution in [1.82, 2.24) is 14.7 Å². The van der Waals surface area contributed by atoms with Crippen LogP contribution in [0.1, 0.15) is 38.5 Å². The Morgan fingerprint density at radius 1 is 1.00 bits per heavy atom. The van der Waals surface area contributed by atoms with Gasteiger partial charge in [0.15, 0.2) is 21.3 Å². The van der Waals surface area contributed by atoms with Crippen LogP contribution in [0.5, 0.6) is 11.5 Å². The van der Waals surface area contributed by atoms with Gasteiger partial charge >= 0.3 is 0 Å². The van der Waals surface area contributed by atoms with E-state index in [2.05, 4.69) is 5.10 Å². The van der Waals surface area contributed by atoms with E-state index in [4.69, 9.17) is 9.47 Å². The molecule has 2 aromatic rings. The van der Waals surface area contributed by atoms with E-state index in [1.165, 1.54) is 10.7 Å². The summed E-state index contributed by atoms with van der Waals surface area (Å²) in [7, 11) is -3.14. The monoisotopic (exact) mass is 487 g/mol. The lowest BCUT2D eigenvalue weighted by Gasteiger charge is -2.34. The highest BCUT2D eigenvalue weighted by Gasteiger charge is 2.39. The first-order valence-electron chi connectivity index (χ1n) is 11.9. The summed E-state index contributed by atoms with van der Waals surface area (Å²) in [6.07, 6.45) is 5.01. The van der Waals surface area contributed by atoms with Crippen LogP contribution in [0.3, 0.4) is 0 Å². The maximum absolute atomic E-state index is 13.4. The van der Waals surface area contributed by atoms with Gasteiger partial charge in [0, 0.05) is 30.1 Å². The second-order valence-electron chi connectivity index (χ2n) is 9.22. The average Bonchev–Trinajstić information content (AvgIpc) is 3.39. The lowest BCUT2D eigenvalue weighted by molar-refractivity contribution is -0.136. The number of sulfone groups is 1. The van der Waals surface area contributed by atoms with Gasteiger partial charge in [0.25, 0.3) is 5.56 Å². The van der Waals surface area contributed by atoms with Crippen molar-refractivity contribution in [1.29, 1.82) is 0 Å². The van der Waals surface area contributed by atoms with Gasteiger partial charge < -0.3 is 14.4 Å². The fourth-order valence-corrected chi connectivity index (χ4v) is 6.84. The van der Waals surface area contributed by atoms with Crippen LogP contribution < -0.4 is 15.0 Å². The third-order valence-electron chi connectivity index (χ3n) is 6.80. The molecule has 2 aliphatic heterocycles. The van der Waals surface area contributed by atoms with Gasteiger partial charge in [-0.1, -0.05) is 12.8 Å². The molecule has 2 fully saturated rings. The van der Waals surface area contributed by atoms with Crippen molar-refractivity contribution in [2.45, 2.75) is 57.2 Å². The lowest BCUT2D eigenvalue weighted by atomic mass is 10.1. The van der Waals surface area contributed by atoms with E-state index in [-0.39, 0.29) is 41.6 Å². The zero-order chi connectivity index (χ0) is 23.7. The number of fused-ring (bicyclic) bond motifs is 1. The second-order valence-corrected chi connectivity index (χ2v) is 11.5. The Labute approximate surface area is 198 Å². The van der Waals surface area contributed by atoms with Gasteiger partial charge in [-0.2, -0.15) is 5.10 Å². The molecule has 1 saturated carbocycles. The molecule has 0 radical (unpaired) electrons. The van der Waals surface area contributed by atoms with Crippen molar-refractivity contribution >= 4 is 15.7 Å². The molecule has 10 heteroatoms. The van der Waals surface area contributed by atoms with E-state index in [1.807, 2.05) is 18.2 Å². The number of aromatic nitrogens is 2. The van der Waals surface area contributed by atoms with Gasteiger partial charge in [0.05, 0.1) is 30.4 Å². The third kappa shape index (κ3) is 4.82. The van der Waals surface area contributed by atoms with Crippen LogP contribution in [0.4, 0.5) is 0 Å². The molecule has 1 amide bonds. The number of ether oxygens (including phenoxy) is 2. The molecule has 1 atom stereocenters. The molecule has 5 rings (SSSR count). The smallest absolute Gasteiger partial charge is 0.267 e. The molecule has 1 aromatic carbocycles. The van der Waals surface area contributed by atoms with E-state index in [9.17, 15) is 18.0 Å². The largest absolute Gasteiger partial charge is 0.490 e. The maximum Gasteiger partial charge on any atom is 0.267 e. The van der Waals surface area contributed by atoms with Crippen LogP contribution in [-0.4, -0.2) is 65.8 Å². The number of hydrogen-bond donors (Lipinski definition) is 0. The lowest BCUT2D eigenvalue weighted by Crippen LogP contribution is -2.49. The van der Waals surface area contributed by atoms with E-state index >= 15 is 0 Å². The number of carbonyl (C=O) groups is 1. The minimum Gasteiger partial charge on any atom is -0.490 e. The Balaban J connectivity index is 1.40. The Kier molecular flexibility index (Phi) is 6.33. The minimum absolute atomic E-state index is 0.00516. The Morgan fingerprint density at radius 3 is 2.50 bits per heavy atom. The van der Waals surface area contributed by atoms with Crippen molar-refractivity contribution in [2.24, 2.45) is 0 Å². The zero-order valence-electron chi connectivity index (χ0n) is 19.0. The number of amides is 1. The van der Waals surface area contributed by atoms with Gasteiger partial charge in [0.2, 0.25) is 5.91 Å². The number of carbonyl (C=O) groups excluding carboxylic acids is 1. The molecule has 1 unspecified atom stereocenters. The van der Waals surface area contributed by atoms with Crippen molar-refractivity contribution in [3.63, 3.8) is 0 Å². The molecule has 1 aliphatic carbocycles. The Morgan fingerprint density at radius 2 is 1.76 bits per heavy atom. The summed E-state index contributed by atoms with van der Waals surface area (Å²) < 4.78 is 36.8. The summed E-state index contributed by atoms with van der Waals surface area (Å²) in [5.74, 6) is 1.14. The zero-order valence-corrected chi connectivity index (χ0v) is 19.8. The molecule has 0 bridgehead atoms. The first-order valence-corrected chi connectivity index (χ1v) is 13.7. The summed E-state index contributed by atoms with van der Waals surface area (Å²) in [5.41, 5.74) is 0.913. The second kappa shape index (κ2) is 9.40. The average molecular weight is 488 g/mol. The molecule has 3 heterocycles. The molecule has 1 aromatic heterocycles. The molecular weight excluding hydrogens is 458 g/mol. The van der Waals surface area contributed by atoms with Gasteiger partial charge in [-0.15, -0.1) is 0 Å². The molecule has 0 N–H and O–H groups in total. The SMILES string of the molecule is O=C(Cn1nc(-c2ccc3c(c2)OCCCO3)ccc1=O)N(C1CCCC1)C1CCS(=O)(=O)C1. The van der Waals surface area contributed by atoms with Crippen molar-refractivity contribution in [3.05, 3.63) is 40.7 Å². The molecule has 182 valence electrons. The summed E-state index contributed by atoms with van der Waals surface area (Å²) in [6.45, 7) is 0.938. The number of rotatable bonds is 5. The van der Waals surface area contributed by atoms with Gasteiger partial charge in [-0.05, 0) is 43.5 Å². The fourth-order valence-electron chi connectivity index (χ4n) is 5.13. The van der Waals surface area contributed by atoms with Crippen LogP contribution in [0.15, 0.2) is 35.1 Å². The highest BCUT2D eigenvalue weighted by Crippen LogP contribution is 2.33. The summed E-state index contributed by atoms with van der Waals surface area (Å²) >= 11 is 0. The molecule has 3 aliphatic rings. The normalized spacial score (nSPS) is 21.8. The molecule has 34 heavy (non-hydrogen) atoms. The molecule has 9 nitrogen and oxygen atoms in total. The van der Waals surface area contributed by atoms with E-state index in [0.717, 1.165) is 37.7 Å². The molecule has 0 spiro atoms. The number of hydrogen-bond acceptors (Lipinski definition) is 7. The standard InChI is InChI=1S/C24H29N3O6S/c28-23-9-7-20(17-6-8-21-22(14-17)33-12-3-11-32-21)25-26(23)15-24(29)27(18-4-1-2-5-18)19-10-13-34(30,31)16-19/h6-9,14,18-19H,1-5,10-13,15-16H2. The van der Waals surface area contributed by atoms with Crippen LogP contribution in [0, 0.1) is 0 Å². The highest BCUT2D eigenvalue weighted by atomic mass is 32.2. The van der Waals surface area contributed by atoms with E-state index in [1.54, 1.807) is 11.0 Å². The van der Waals surface area contributed by atoms with Crippen molar-refractivity contribution in [2.75, 3.05) is 24.7 Å². The number of nitrogens with zero attached hydrogens (tertiary/aromatic N) is 3. The topological polar surface area (TPSA) is 108 Å². The Bertz CT molecular complexity index is 1240. The van der Waals surface area contributed by atoms with Crippen LogP contribution >= 0.6 is 0 Å². The third-order valence-corrected chi connectivity index (χ3v) is 8.55. The summed E-state index contributed by atoms with van der Waals surface area (Å²) in [5, 5.41) is 4.46. The van der Waals surface area contributed by atoms with Crippen LogP contribution in [0.25, 0.3) is 11.3 Å². The quantitative estimate of drug-likeness (QED) is 0.635.